The van der Waals surface area contributed by atoms with E-state index in [1.165, 1.54) is 0 Å². The Kier molecular flexibility index (Phi) is 4.23. The summed E-state index contributed by atoms with van der Waals surface area (Å²) >= 11 is 0. The molecule has 20 heavy (non-hydrogen) atoms. The predicted octanol–water partition coefficient (Wildman–Crippen LogP) is 2.03. The van der Waals surface area contributed by atoms with Gasteiger partial charge in [-0.2, -0.15) is 0 Å². The molecule has 1 fully saturated rings. The van der Waals surface area contributed by atoms with E-state index < -0.39 is 10.0 Å². The van der Waals surface area contributed by atoms with Crippen LogP contribution in [0.15, 0.2) is 17.0 Å². The maximum absolute atomic E-state index is 12.7. The topological polar surface area (TPSA) is 58.2 Å². The Balaban J connectivity index is 2.36. The molecule has 0 bridgehead atoms. The van der Waals surface area contributed by atoms with Crippen LogP contribution >= 0.6 is 0 Å². The molecule has 1 heterocycles. The van der Waals surface area contributed by atoms with Gasteiger partial charge in [0.2, 0.25) is 10.0 Å². The highest BCUT2D eigenvalue weighted by Crippen LogP contribution is 2.25. The summed E-state index contributed by atoms with van der Waals surface area (Å²) in [7, 11) is -3.47. The van der Waals surface area contributed by atoms with Gasteiger partial charge in [0.05, 0.1) is 4.90 Å². The Morgan fingerprint density at radius 3 is 2.10 bits per heavy atom. The maximum atomic E-state index is 12.7. The van der Waals surface area contributed by atoms with E-state index in [1.54, 1.807) is 0 Å². The number of hydrogen-bond donors (Lipinski definition) is 2. The van der Waals surface area contributed by atoms with Crippen molar-refractivity contribution >= 4 is 10.0 Å². The third-order valence-corrected chi connectivity index (χ3v) is 5.90. The number of hydrogen-bond acceptors (Lipinski definition) is 3. The largest absolute Gasteiger partial charge is 0.317 e. The van der Waals surface area contributed by atoms with Gasteiger partial charge in [-0.15, -0.1) is 0 Å². The smallest absolute Gasteiger partial charge is 0.241 e. The molecule has 1 aromatic carbocycles. The molecular weight excluding hydrogens is 272 g/mol. The molecule has 1 aliphatic rings. The van der Waals surface area contributed by atoms with Crippen LogP contribution in [0.3, 0.4) is 0 Å². The third-order valence-electron chi connectivity index (χ3n) is 3.96. The number of sulfonamides is 1. The average molecular weight is 296 g/mol. The zero-order valence-electron chi connectivity index (χ0n) is 12.7. The molecule has 0 spiro atoms. The predicted molar refractivity (Wildman–Crippen MR) is 81.5 cm³/mol. The first-order chi connectivity index (χ1) is 9.23. The Hall–Kier alpha value is -0.910. The summed E-state index contributed by atoms with van der Waals surface area (Å²) in [5.74, 6) is 0. The molecule has 0 aromatic heterocycles. The lowest BCUT2D eigenvalue weighted by atomic mass is 9.92. The van der Waals surface area contributed by atoms with Gasteiger partial charge in [0, 0.05) is 5.54 Å². The van der Waals surface area contributed by atoms with E-state index in [2.05, 4.69) is 10.0 Å². The molecule has 0 radical (unpaired) electrons. The van der Waals surface area contributed by atoms with Crippen LogP contribution in [-0.4, -0.2) is 27.0 Å². The Bertz CT molecular complexity index is 579. The lowest BCUT2D eigenvalue weighted by molar-refractivity contribution is 0.308. The van der Waals surface area contributed by atoms with Crippen molar-refractivity contribution in [3.05, 3.63) is 28.8 Å². The Labute approximate surface area is 122 Å². The van der Waals surface area contributed by atoms with Gasteiger partial charge in [-0.05, 0) is 64.8 Å². The first-order valence-electron chi connectivity index (χ1n) is 7.06. The summed E-state index contributed by atoms with van der Waals surface area (Å²) in [6, 6.07) is 3.85. The first kappa shape index (κ1) is 15.5. The maximum Gasteiger partial charge on any atom is 0.241 e. The quantitative estimate of drug-likeness (QED) is 0.897. The van der Waals surface area contributed by atoms with Crippen LogP contribution in [0, 0.1) is 20.8 Å². The Morgan fingerprint density at radius 2 is 1.60 bits per heavy atom. The zero-order chi connectivity index (χ0) is 15.0. The van der Waals surface area contributed by atoms with E-state index in [4.69, 9.17) is 0 Å². The highest BCUT2D eigenvalue weighted by atomic mass is 32.2. The van der Waals surface area contributed by atoms with Crippen molar-refractivity contribution in [1.29, 1.82) is 0 Å². The molecule has 1 aromatic rings. The lowest BCUT2D eigenvalue weighted by Crippen LogP contribution is -2.52. The summed E-state index contributed by atoms with van der Waals surface area (Å²) in [4.78, 5) is 0.433. The molecule has 0 amide bonds. The van der Waals surface area contributed by atoms with Gasteiger partial charge in [-0.1, -0.05) is 17.7 Å². The normalized spacial score (nSPS) is 19.0. The number of benzene rings is 1. The van der Waals surface area contributed by atoms with Crippen LogP contribution in [0.2, 0.25) is 0 Å². The highest BCUT2D eigenvalue weighted by molar-refractivity contribution is 7.89. The van der Waals surface area contributed by atoms with E-state index in [0.717, 1.165) is 42.6 Å². The van der Waals surface area contributed by atoms with Crippen molar-refractivity contribution in [3.8, 4) is 0 Å². The molecule has 2 N–H and O–H groups in total. The molecule has 0 saturated carbocycles. The van der Waals surface area contributed by atoms with E-state index in [0.29, 0.717) is 4.90 Å². The second kappa shape index (κ2) is 5.47. The molecule has 112 valence electrons. The van der Waals surface area contributed by atoms with Crippen molar-refractivity contribution in [1.82, 2.24) is 10.0 Å². The second-order valence-electron chi connectivity index (χ2n) is 6.14. The number of nitrogens with one attached hydrogen (secondary N) is 2. The molecule has 0 unspecified atom stereocenters. The second-order valence-corrected chi connectivity index (χ2v) is 7.76. The lowest BCUT2D eigenvalue weighted by Gasteiger charge is -2.34. The average Bonchev–Trinajstić information content (AvgIpc) is 2.25. The summed E-state index contributed by atoms with van der Waals surface area (Å²) in [6.07, 6.45) is 1.63. The van der Waals surface area contributed by atoms with Gasteiger partial charge in [0.15, 0.2) is 0 Å². The van der Waals surface area contributed by atoms with Crippen LogP contribution in [-0.2, 0) is 10.0 Å². The van der Waals surface area contributed by atoms with Crippen molar-refractivity contribution in [2.24, 2.45) is 0 Å². The first-order valence-corrected chi connectivity index (χ1v) is 8.54. The minimum Gasteiger partial charge on any atom is -0.317 e. The van der Waals surface area contributed by atoms with E-state index in [-0.39, 0.29) is 5.54 Å². The summed E-state index contributed by atoms with van der Waals surface area (Å²) in [5, 5.41) is 3.26. The number of aryl methyl sites for hydroxylation is 3. The van der Waals surface area contributed by atoms with Crippen LogP contribution in [0.5, 0.6) is 0 Å². The Morgan fingerprint density at radius 1 is 1.10 bits per heavy atom. The van der Waals surface area contributed by atoms with Crippen LogP contribution in [0.1, 0.15) is 36.5 Å². The number of piperidine rings is 1. The van der Waals surface area contributed by atoms with Gasteiger partial charge in [0.25, 0.3) is 0 Å². The van der Waals surface area contributed by atoms with Crippen molar-refractivity contribution in [2.75, 3.05) is 13.1 Å². The van der Waals surface area contributed by atoms with Gasteiger partial charge < -0.3 is 5.32 Å². The minimum atomic E-state index is -3.47. The van der Waals surface area contributed by atoms with Gasteiger partial charge in [-0.25, -0.2) is 13.1 Å². The van der Waals surface area contributed by atoms with Crippen LogP contribution in [0.25, 0.3) is 0 Å². The molecule has 1 aliphatic heterocycles. The van der Waals surface area contributed by atoms with Gasteiger partial charge in [0.1, 0.15) is 0 Å². The molecular formula is C15H24N2O2S. The monoisotopic (exact) mass is 296 g/mol. The van der Waals surface area contributed by atoms with Gasteiger partial charge in [-0.3, -0.25) is 0 Å². The van der Waals surface area contributed by atoms with Crippen LogP contribution < -0.4 is 10.0 Å². The standard InChI is InChI=1S/C15H24N2O2S/c1-11-9-12(2)14(13(3)10-11)20(18,19)17-15(4)5-7-16-8-6-15/h9-10,16-17H,5-8H2,1-4H3. The third kappa shape index (κ3) is 3.22. The summed E-state index contributed by atoms with van der Waals surface area (Å²) in [6.45, 7) is 9.40. The zero-order valence-corrected chi connectivity index (χ0v) is 13.5. The van der Waals surface area contributed by atoms with E-state index >= 15 is 0 Å². The van der Waals surface area contributed by atoms with Crippen molar-refractivity contribution in [2.45, 2.75) is 51.0 Å². The van der Waals surface area contributed by atoms with E-state index in [1.807, 2.05) is 39.8 Å². The fourth-order valence-electron chi connectivity index (χ4n) is 3.05. The van der Waals surface area contributed by atoms with Crippen LogP contribution in [0.4, 0.5) is 0 Å². The molecule has 0 aliphatic carbocycles. The number of rotatable bonds is 3. The minimum absolute atomic E-state index is 0.353. The highest BCUT2D eigenvalue weighted by Gasteiger charge is 2.33. The summed E-state index contributed by atoms with van der Waals surface area (Å²) in [5.41, 5.74) is 2.36. The van der Waals surface area contributed by atoms with Crippen molar-refractivity contribution < 1.29 is 8.42 Å². The van der Waals surface area contributed by atoms with Gasteiger partial charge >= 0.3 is 0 Å². The summed E-state index contributed by atoms with van der Waals surface area (Å²) < 4.78 is 28.4. The van der Waals surface area contributed by atoms with Crippen molar-refractivity contribution in [3.63, 3.8) is 0 Å². The fraction of sp³-hybridized carbons (Fsp3) is 0.600. The van der Waals surface area contributed by atoms with E-state index in [9.17, 15) is 8.42 Å². The molecule has 2 rings (SSSR count). The molecule has 1 saturated heterocycles. The molecule has 0 atom stereocenters. The molecule has 4 nitrogen and oxygen atoms in total. The fourth-order valence-corrected chi connectivity index (χ4v) is 4.97. The molecule has 5 heteroatoms. The SMILES string of the molecule is Cc1cc(C)c(S(=O)(=O)NC2(C)CCNCC2)c(C)c1.